The molecule has 1 N–H and O–H groups in total. The first-order chi connectivity index (χ1) is 17.5. The zero-order valence-electron chi connectivity index (χ0n) is 19.3. The van der Waals surface area contributed by atoms with Gasteiger partial charge in [-0.1, -0.05) is 30.7 Å². The van der Waals surface area contributed by atoms with E-state index in [1.54, 1.807) is 28.8 Å². The summed E-state index contributed by atoms with van der Waals surface area (Å²) in [6.45, 7) is 1.76. The van der Waals surface area contributed by atoms with E-state index in [1.807, 2.05) is 11.6 Å². The zero-order chi connectivity index (χ0) is 26.8. The van der Waals surface area contributed by atoms with Crippen molar-refractivity contribution in [2.45, 2.75) is 30.8 Å². The largest absolute Gasteiger partial charge is 0.448 e. The number of imidazole rings is 1. The molecule has 0 fully saturated rings. The van der Waals surface area contributed by atoms with E-state index in [-0.39, 0.29) is 17.0 Å². The van der Waals surface area contributed by atoms with Gasteiger partial charge in [-0.25, -0.2) is 22.9 Å². The first kappa shape index (κ1) is 26.4. The highest BCUT2D eigenvalue weighted by Gasteiger charge is 2.34. The summed E-state index contributed by atoms with van der Waals surface area (Å²) in [4.78, 5) is 19.9. The van der Waals surface area contributed by atoms with Crippen molar-refractivity contribution in [1.82, 2.24) is 19.3 Å². The number of rotatable bonds is 7. The van der Waals surface area contributed by atoms with Crippen molar-refractivity contribution in [1.29, 1.82) is 0 Å². The van der Waals surface area contributed by atoms with Gasteiger partial charge in [0.05, 0.1) is 33.1 Å². The number of sulfonamides is 1. The number of carbonyl (C=O) groups is 1. The van der Waals surface area contributed by atoms with Gasteiger partial charge in [-0.3, -0.25) is 9.55 Å². The molecule has 0 aliphatic heterocycles. The number of aromatic nitrogens is 3. The number of pyridine rings is 1. The van der Waals surface area contributed by atoms with Crippen LogP contribution >= 0.6 is 11.6 Å². The van der Waals surface area contributed by atoms with Gasteiger partial charge in [0.15, 0.2) is 0 Å². The first-order valence-electron chi connectivity index (χ1n) is 11.0. The van der Waals surface area contributed by atoms with Crippen LogP contribution in [0.15, 0.2) is 65.8 Å². The van der Waals surface area contributed by atoms with E-state index in [2.05, 4.69) is 9.97 Å². The van der Waals surface area contributed by atoms with Crippen molar-refractivity contribution in [3.63, 3.8) is 0 Å². The van der Waals surface area contributed by atoms with Crippen LogP contribution in [-0.4, -0.2) is 35.7 Å². The van der Waals surface area contributed by atoms with Gasteiger partial charge in [-0.2, -0.15) is 13.2 Å². The molecular formula is C24H20ClF3N4O4S. The summed E-state index contributed by atoms with van der Waals surface area (Å²) in [5.74, 6) is 0.563. The maximum Gasteiger partial charge on any atom is 0.421 e. The summed E-state index contributed by atoms with van der Waals surface area (Å²) in [6.07, 6.45) is -2.36. The highest BCUT2D eigenvalue weighted by Crippen LogP contribution is 2.37. The van der Waals surface area contributed by atoms with Crippen LogP contribution in [0.5, 0.6) is 0 Å². The minimum absolute atomic E-state index is 0.0823. The van der Waals surface area contributed by atoms with Gasteiger partial charge in [-0.15, -0.1) is 0 Å². The number of amides is 1. The lowest BCUT2D eigenvalue weighted by Gasteiger charge is -2.12. The molecule has 0 radical (unpaired) electrons. The van der Waals surface area contributed by atoms with Gasteiger partial charge in [0, 0.05) is 30.9 Å². The van der Waals surface area contributed by atoms with Crippen LogP contribution < -0.4 is 4.72 Å². The van der Waals surface area contributed by atoms with Crippen LogP contribution in [0.1, 0.15) is 23.9 Å². The molecule has 0 spiro atoms. The third-order valence-electron chi connectivity index (χ3n) is 5.43. The van der Waals surface area contributed by atoms with Crippen LogP contribution in [0, 0.1) is 0 Å². The van der Waals surface area contributed by atoms with Crippen LogP contribution in [0.3, 0.4) is 0 Å². The molecule has 0 saturated heterocycles. The molecule has 37 heavy (non-hydrogen) atoms. The fourth-order valence-electron chi connectivity index (χ4n) is 3.68. The Bertz CT molecular complexity index is 1540. The molecule has 13 heteroatoms. The minimum Gasteiger partial charge on any atom is -0.448 e. The summed E-state index contributed by atoms with van der Waals surface area (Å²) >= 11 is 5.93. The molecule has 0 atom stereocenters. The molecule has 2 aromatic heterocycles. The van der Waals surface area contributed by atoms with Crippen molar-refractivity contribution >= 4 is 38.8 Å². The zero-order valence-corrected chi connectivity index (χ0v) is 20.9. The molecule has 0 bridgehead atoms. The van der Waals surface area contributed by atoms with E-state index in [4.69, 9.17) is 16.3 Å². The van der Waals surface area contributed by atoms with Crippen LogP contribution in [0.4, 0.5) is 18.0 Å². The van der Waals surface area contributed by atoms with E-state index in [0.717, 1.165) is 11.6 Å². The van der Waals surface area contributed by atoms with Crippen molar-refractivity contribution < 1.29 is 31.1 Å². The SMILES string of the molecule is CCc1nc2cc(C(F)(F)F)c(Cl)cc2n1-c1ccc(CCOC(=O)NS(=O)(=O)c2ccncc2)cc1. The summed E-state index contributed by atoms with van der Waals surface area (Å²) in [7, 11) is -4.07. The third-order valence-corrected chi connectivity index (χ3v) is 7.07. The number of benzene rings is 2. The van der Waals surface area contributed by atoms with E-state index in [9.17, 15) is 26.4 Å². The lowest BCUT2D eigenvalue weighted by Crippen LogP contribution is -2.31. The smallest absolute Gasteiger partial charge is 0.421 e. The summed E-state index contributed by atoms with van der Waals surface area (Å²) < 4.78 is 72.6. The molecule has 0 unspecified atom stereocenters. The average Bonchev–Trinajstić information content (AvgIpc) is 3.21. The van der Waals surface area contributed by atoms with Crippen molar-refractivity contribution in [2.24, 2.45) is 0 Å². The number of nitrogens with one attached hydrogen (secondary N) is 1. The second-order valence-electron chi connectivity index (χ2n) is 7.88. The fourth-order valence-corrected chi connectivity index (χ4v) is 4.82. The summed E-state index contributed by atoms with van der Waals surface area (Å²) in [5.41, 5.74) is 1.13. The van der Waals surface area contributed by atoms with Crippen molar-refractivity contribution in [3.8, 4) is 5.69 Å². The third kappa shape index (κ3) is 5.86. The Balaban J connectivity index is 1.45. The highest BCUT2D eigenvalue weighted by atomic mass is 35.5. The number of alkyl halides is 3. The molecule has 1 amide bonds. The maximum atomic E-state index is 13.3. The number of nitrogens with zero attached hydrogens (tertiary/aromatic N) is 3. The number of halogens is 4. The molecular weight excluding hydrogens is 533 g/mol. The second kappa shape index (κ2) is 10.4. The topological polar surface area (TPSA) is 103 Å². The van der Waals surface area contributed by atoms with Gasteiger partial charge in [0.25, 0.3) is 10.0 Å². The number of aryl methyl sites for hydroxylation is 1. The molecule has 0 aliphatic carbocycles. The Hall–Kier alpha value is -3.64. The predicted molar refractivity (Wildman–Crippen MR) is 130 cm³/mol. The Morgan fingerprint density at radius 1 is 1.11 bits per heavy atom. The van der Waals surface area contributed by atoms with Crippen molar-refractivity contribution in [2.75, 3.05) is 6.61 Å². The quantitative estimate of drug-likeness (QED) is 0.333. The molecule has 0 aliphatic rings. The van der Waals surface area contributed by atoms with Gasteiger partial charge in [0.1, 0.15) is 5.82 Å². The Labute approximate surface area is 215 Å². The summed E-state index contributed by atoms with van der Waals surface area (Å²) in [6, 6.07) is 11.7. The number of hydrogen-bond donors (Lipinski definition) is 1. The maximum absolute atomic E-state index is 13.3. The van der Waals surface area contributed by atoms with E-state index < -0.39 is 32.9 Å². The van der Waals surface area contributed by atoms with Crippen LogP contribution in [0.2, 0.25) is 5.02 Å². The molecule has 2 aromatic carbocycles. The first-order valence-corrected chi connectivity index (χ1v) is 12.8. The number of hydrogen-bond acceptors (Lipinski definition) is 6. The normalized spacial score (nSPS) is 12.0. The lowest BCUT2D eigenvalue weighted by molar-refractivity contribution is -0.137. The average molecular weight is 553 g/mol. The monoisotopic (exact) mass is 552 g/mol. The number of fused-ring (bicyclic) bond motifs is 1. The predicted octanol–water partition coefficient (Wildman–Crippen LogP) is 5.31. The molecule has 194 valence electrons. The molecule has 0 saturated carbocycles. The van der Waals surface area contributed by atoms with Crippen LogP contribution in [0.25, 0.3) is 16.7 Å². The number of ether oxygens (including phenoxy) is 1. The number of carbonyl (C=O) groups excluding carboxylic acids is 1. The highest BCUT2D eigenvalue weighted by molar-refractivity contribution is 7.90. The molecule has 4 aromatic rings. The van der Waals surface area contributed by atoms with Crippen molar-refractivity contribution in [3.05, 3.63) is 82.9 Å². The Morgan fingerprint density at radius 3 is 2.41 bits per heavy atom. The molecule has 4 rings (SSSR count). The van der Waals surface area contributed by atoms with E-state index in [0.29, 0.717) is 29.9 Å². The Kier molecular flexibility index (Phi) is 7.42. The molecule has 2 heterocycles. The van der Waals surface area contributed by atoms with Gasteiger partial charge in [0.2, 0.25) is 0 Å². The van der Waals surface area contributed by atoms with Gasteiger partial charge >= 0.3 is 12.3 Å². The van der Waals surface area contributed by atoms with Gasteiger partial charge in [-0.05, 0) is 42.0 Å². The summed E-state index contributed by atoms with van der Waals surface area (Å²) in [5, 5.41) is -0.415. The minimum atomic E-state index is -4.59. The lowest BCUT2D eigenvalue weighted by atomic mass is 10.1. The Morgan fingerprint density at radius 2 is 1.78 bits per heavy atom. The standard InChI is InChI=1S/C24H20ClF3N4O4S/c1-2-22-30-20-13-18(24(26,27)28)19(25)14-21(20)32(22)16-5-3-15(4-6-16)9-12-36-23(33)31-37(34,35)17-7-10-29-11-8-17/h3-8,10-11,13-14H,2,9,12H2,1H3,(H,31,33). The van der Waals surface area contributed by atoms with E-state index in [1.165, 1.54) is 30.6 Å². The van der Waals surface area contributed by atoms with Gasteiger partial charge < -0.3 is 4.74 Å². The fraction of sp³-hybridized carbons (Fsp3) is 0.208. The molecule has 8 nitrogen and oxygen atoms in total. The van der Waals surface area contributed by atoms with Crippen LogP contribution in [-0.2, 0) is 33.8 Å². The second-order valence-corrected chi connectivity index (χ2v) is 9.97. The van der Waals surface area contributed by atoms with E-state index >= 15 is 0 Å².